The van der Waals surface area contributed by atoms with E-state index in [0.29, 0.717) is 30.5 Å². The molecule has 45 heavy (non-hydrogen) atoms. The number of hydrogen-bond donors (Lipinski definition) is 3. The quantitative estimate of drug-likeness (QED) is 0.347. The largest absolute Gasteiger partial charge is 0.419 e. The molecule has 6 rings (SSSR count). The number of pyridine rings is 1. The van der Waals surface area contributed by atoms with E-state index in [1.54, 1.807) is 25.4 Å². The van der Waals surface area contributed by atoms with Crippen LogP contribution in [-0.4, -0.2) is 57.2 Å². The van der Waals surface area contributed by atoms with Crippen molar-refractivity contribution in [1.29, 1.82) is 0 Å². The van der Waals surface area contributed by atoms with E-state index in [1.165, 1.54) is 11.1 Å². The summed E-state index contributed by atoms with van der Waals surface area (Å²) in [5.74, 6) is -1.61. The van der Waals surface area contributed by atoms with E-state index < -0.39 is 29.5 Å². The van der Waals surface area contributed by atoms with E-state index in [-0.39, 0.29) is 35.3 Å². The molecule has 1 fully saturated rings. The van der Waals surface area contributed by atoms with Gasteiger partial charge in [-0.25, -0.2) is 9.07 Å². The third kappa shape index (κ3) is 6.63. The first-order valence-electron chi connectivity index (χ1n) is 15.0. The lowest BCUT2D eigenvalue weighted by Gasteiger charge is -2.30. The highest BCUT2D eigenvalue weighted by atomic mass is 19.4. The van der Waals surface area contributed by atoms with Crippen molar-refractivity contribution in [3.05, 3.63) is 81.4 Å². The molecule has 3 aromatic rings. The molecular weight excluding hydrogens is 590 g/mol. The zero-order valence-electron chi connectivity index (χ0n) is 24.6. The Morgan fingerprint density at radius 2 is 1.89 bits per heavy atom. The predicted molar refractivity (Wildman–Crippen MR) is 161 cm³/mol. The molecule has 13 heteroatoms. The molecule has 0 spiro atoms. The summed E-state index contributed by atoms with van der Waals surface area (Å²) in [5.41, 5.74) is -0.747. The molecule has 1 saturated heterocycles. The number of alkyl halides is 3. The van der Waals surface area contributed by atoms with Gasteiger partial charge < -0.3 is 20.9 Å². The third-order valence-electron chi connectivity index (χ3n) is 8.38. The average molecular weight is 624 g/mol. The first kappa shape index (κ1) is 30.5. The van der Waals surface area contributed by atoms with Gasteiger partial charge in [0.1, 0.15) is 17.7 Å². The lowest BCUT2D eigenvalue weighted by atomic mass is 9.93. The fourth-order valence-corrected chi connectivity index (χ4v) is 6.14. The normalized spacial score (nSPS) is 19.8. The molecule has 9 nitrogen and oxygen atoms in total. The number of anilines is 2. The van der Waals surface area contributed by atoms with E-state index in [2.05, 4.69) is 30.9 Å². The smallest absolute Gasteiger partial charge is 0.346 e. The van der Waals surface area contributed by atoms with E-state index in [1.807, 2.05) is 18.2 Å². The summed E-state index contributed by atoms with van der Waals surface area (Å²) < 4.78 is 56.5. The number of carbonyl (C=O) groups is 2. The molecular formula is C32H33F4N7O2. The standard InChI is InChI=1S/C32H33F4N7O2/c1-19-29(31(45)39-23-7-5-22-18-37-11-9-20(22)15-23)30(21-6-8-24(25(33)16-21)32(34,35)36)43-27(38-19)17-26(41-43)40-28(44)10-14-42-12-3-2-4-13-42/h5-6,8-9,11,15-18,23,30,38H,2-4,7,10,12-14H2,1H3,(H,39,45)(H,40,41,44). The lowest BCUT2D eigenvalue weighted by molar-refractivity contribution is -0.140. The van der Waals surface area contributed by atoms with Crippen molar-refractivity contribution in [3.63, 3.8) is 0 Å². The molecule has 4 heterocycles. The fraction of sp³-hybridized carbons (Fsp3) is 0.375. The van der Waals surface area contributed by atoms with Gasteiger partial charge in [-0.15, -0.1) is 0 Å². The van der Waals surface area contributed by atoms with E-state index >= 15 is 0 Å². The molecule has 1 aromatic carbocycles. The first-order valence-corrected chi connectivity index (χ1v) is 15.0. The molecule has 2 unspecified atom stereocenters. The molecule has 2 atom stereocenters. The zero-order valence-corrected chi connectivity index (χ0v) is 24.6. The molecule has 0 radical (unpaired) electrons. The first-order chi connectivity index (χ1) is 21.6. The van der Waals surface area contributed by atoms with E-state index in [0.717, 1.165) is 48.5 Å². The Hall–Kier alpha value is -4.52. The van der Waals surface area contributed by atoms with E-state index in [4.69, 9.17) is 0 Å². The minimum atomic E-state index is -4.88. The van der Waals surface area contributed by atoms with E-state index in [9.17, 15) is 27.2 Å². The number of carbonyl (C=O) groups excluding carboxylic acids is 2. The molecule has 3 aliphatic rings. The second kappa shape index (κ2) is 12.5. The number of rotatable bonds is 7. The van der Waals surface area contributed by atoms with Gasteiger partial charge in [-0.2, -0.15) is 18.3 Å². The van der Waals surface area contributed by atoms with Gasteiger partial charge in [-0.1, -0.05) is 24.6 Å². The van der Waals surface area contributed by atoms with Crippen molar-refractivity contribution in [1.82, 2.24) is 25.0 Å². The van der Waals surface area contributed by atoms with Crippen LogP contribution in [-0.2, 0) is 15.8 Å². The average Bonchev–Trinajstić information content (AvgIpc) is 3.40. The molecule has 1 aliphatic carbocycles. The van der Waals surface area contributed by atoms with Gasteiger partial charge in [-0.3, -0.25) is 14.6 Å². The Morgan fingerprint density at radius 1 is 1.09 bits per heavy atom. The van der Waals surface area contributed by atoms with Crippen LogP contribution in [0.2, 0.25) is 0 Å². The predicted octanol–water partition coefficient (Wildman–Crippen LogP) is 3.69. The van der Waals surface area contributed by atoms with Crippen molar-refractivity contribution in [2.75, 3.05) is 30.3 Å². The number of likely N-dealkylation sites (tertiary alicyclic amines) is 1. The highest BCUT2D eigenvalue weighted by Crippen LogP contribution is 2.39. The number of amides is 2. The van der Waals surface area contributed by atoms with Crippen LogP contribution in [0.15, 0.2) is 54.0 Å². The van der Waals surface area contributed by atoms with Crippen LogP contribution in [0.25, 0.3) is 12.2 Å². The number of nitrogens with zero attached hydrogens (tertiary/aromatic N) is 4. The van der Waals surface area contributed by atoms with Crippen molar-refractivity contribution < 1.29 is 27.2 Å². The Labute approximate surface area is 256 Å². The number of halogens is 4. The number of aromatic nitrogens is 3. The summed E-state index contributed by atoms with van der Waals surface area (Å²) in [6.45, 7) is 4.19. The maximum Gasteiger partial charge on any atom is 0.419 e. The number of fused-ring (bicyclic) bond motifs is 2. The Balaban J connectivity index is 1.29. The van der Waals surface area contributed by atoms with Crippen LogP contribution in [0.1, 0.15) is 56.2 Å². The topological polar surface area (TPSA) is 104 Å². The Bertz CT molecular complexity index is 1780. The number of piperidine rings is 1. The van der Waals surface area contributed by atoms with Gasteiger partial charge >= 0.3 is 6.18 Å². The molecule has 0 saturated carbocycles. The molecule has 3 N–H and O–H groups in total. The van der Waals surface area contributed by atoms with Crippen LogP contribution in [0.4, 0.5) is 29.2 Å². The van der Waals surface area contributed by atoms with Gasteiger partial charge in [0.25, 0.3) is 5.91 Å². The summed E-state index contributed by atoms with van der Waals surface area (Å²) >= 11 is 0. The second-order valence-electron chi connectivity index (χ2n) is 11.6. The number of allylic oxidation sites excluding steroid dienone is 1. The van der Waals surface area contributed by atoms with Crippen LogP contribution in [0, 0.1) is 5.82 Å². The van der Waals surface area contributed by atoms with Gasteiger partial charge in [0.2, 0.25) is 5.91 Å². The second-order valence-corrected chi connectivity index (χ2v) is 11.6. The van der Waals surface area contributed by atoms with Gasteiger partial charge in [0.05, 0.1) is 17.2 Å². The molecule has 2 aliphatic heterocycles. The van der Waals surface area contributed by atoms with Gasteiger partial charge in [0, 0.05) is 37.1 Å². The van der Waals surface area contributed by atoms with Crippen LogP contribution in [0.5, 0.6) is 0 Å². The number of nitrogens with one attached hydrogen (secondary N) is 3. The van der Waals surface area contributed by atoms with Crippen molar-refractivity contribution in [2.24, 2.45) is 0 Å². The highest BCUT2D eigenvalue weighted by molar-refractivity contribution is 5.98. The molecule has 2 amide bonds. The Kier molecular flexibility index (Phi) is 8.45. The van der Waals surface area contributed by atoms with Gasteiger partial charge in [0.15, 0.2) is 5.82 Å². The minimum Gasteiger partial charge on any atom is -0.346 e. The summed E-state index contributed by atoms with van der Waals surface area (Å²) in [7, 11) is 0. The van der Waals surface area contributed by atoms with Crippen LogP contribution >= 0.6 is 0 Å². The van der Waals surface area contributed by atoms with Crippen molar-refractivity contribution in [3.8, 4) is 0 Å². The Morgan fingerprint density at radius 3 is 2.64 bits per heavy atom. The molecule has 236 valence electrons. The molecule has 2 aromatic heterocycles. The summed E-state index contributed by atoms with van der Waals surface area (Å²) in [4.78, 5) is 33.0. The van der Waals surface area contributed by atoms with Crippen molar-refractivity contribution in [2.45, 2.75) is 57.3 Å². The summed E-state index contributed by atoms with van der Waals surface area (Å²) in [6.07, 6.45) is 6.55. The monoisotopic (exact) mass is 623 g/mol. The van der Waals surface area contributed by atoms with Crippen molar-refractivity contribution >= 4 is 35.6 Å². The maximum atomic E-state index is 14.9. The minimum absolute atomic E-state index is 0.0921. The highest BCUT2D eigenvalue weighted by Gasteiger charge is 2.38. The lowest BCUT2D eigenvalue weighted by Crippen LogP contribution is -2.42. The number of hydrogen-bond acceptors (Lipinski definition) is 6. The zero-order chi connectivity index (χ0) is 31.7. The number of benzene rings is 1. The summed E-state index contributed by atoms with van der Waals surface area (Å²) in [6, 6.07) is 4.56. The van der Waals surface area contributed by atoms with Crippen LogP contribution in [0.3, 0.4) is 0 Å². The fourth-order valence-electron chi connectivity index (χ4n) is 6.14. The third-order valence-corrected chi connectivity index (χ3v) is 8.38. The van der Waals surface area contributed by atoms with Gasteiger partial charge in [-0.05, 0) is 73.5 Å². The summed E-state index contributed by atoms with van der Waals surface area (Å²) in [5, 5.41) is 15.3. The molecule has 0 bridgehead atoms. The SMILES string of the molecule is CC1=C(C(=O)NC2C=c3ccncc3=CC2)C(c2ccc(C(F)(F)F)c(F)c2)n2nc(NC(=O)CCN3CCCCC3)cc2N1. The maximum absolute atomic E-state index is 14.9. The van der Waals surface area contributed by atoms with Crippen LogP contribution < -0.4 is 26.4 Å².